The summed E-state index contributed by atoms with van der Waals surface area (Å²) in [6, 6.07) is 15.3. The number of aromatic nitrogens is 2. The minimum Gasteiger partial charge on any atom is -0.368 e. The van der Waals surface area contributed by atoms with Crippen LogP contribution in [-0.2, 0) is 11.2 Å². The van der Waals surface area contributed by atoms with Crippen LogP contribution in [0.5, 0.6) is 0 Å². The quantitative estimate of drug-likeness (QED) is 0.571. The molecule has 0 spiro atoms. The molecule has 134 valence electrons. The maximum absolute atomic E-state index is 12.0. The number of hydrogen-bond donors (Lipinski definition) is 3. The summed E-state index contributed by atoms with van der Waals surface area (Å²) >= 11 is 0. The number of nitrogens with zero attached hydrogens (tertiary/aromatic N) is 1. The van der Waals surface area contributed by atoms with Crippen molar-refractivity contribution in [1.29, 1.82) is 0 Å². The summed E-state index contributed by atoms with van der Waals surface area (Å²) in [6.45, 7) is 3.25. The van der Waals surface area contributed by atoms with E-state index >= 15 is 0 Å². The Hall–Kier alpha value is -3.15. The van der Waals surface area contributed by atoms with Crippen molar-refractivity contribution in [2.75, 3.05) is 18.4 Å². The molecule has 0 aliphatic heterocycles. The number of fused-ring (bicyclic) bond motifs is 1. The Kier molecular flexibility index (Phi) is 5.63. The SMILES string of the molecule is Cc1ccc(CC(=O)NCCCNc2n[nH]c(=O)c3ccccc23)cc1. The van der Waals surface area contributed by atoms with Gasteiger partial charge in [-0.05, 0) is 25.0 Å². The molecule has 0 bridgehead atoms. The highest BCUT2D eigenvalue weighted by molar-refractivity contribution is 5.90. The van der Waals surface area contributed by atoms with Crippen LogP contribution in [0.1, 0.15) is 17.5 Å². The Morgan fingerprint density at radius 1 is 1.04 bits per heavy atom. The molecule has 1 amide bonds. The van der Waals surface area contributed by atoms with E-state index in [0.717, 1.165) is 17.4 Å². The van der Waals surface area contributed by atoms with Crippen molar-refractivity contribution in [3.8, 4) is 0 Å². The van der Waals surface area contributed by atoms with Gasteiger partial charge < -0.3 is 10.6 Å². The lowest BCUT2D eigenvalue weighted by Crippen LogP contribution is -2.27. The third kappa shape index (κ3) is 4.47. The second-order valence-corrected chi connectivity index (χ2v) is 6.24. The van der Waals surface area contributed by atoms with Crippen molar-refractivity contribution in [2.45, 2.75) is 19.8 Å². The predicted octanol–water partition coefficient (Wildman–Crippen LogP) is 2.39. The number of aryl methyl sites for hydroxylation is 1. The number of hydrogen-bond acceptors (Lipinski definition) is 4. The van der Waals surface area contributed by atoms with Gasteiger partial charge in [-0.3, -0.25) is 9.59 Å². The van der Waals surface area contributed by atoms with Crippen molar-refractivity contribution < 1.29 is 4.79 Å². The van der Waals surface area contributed by atoms with E-state index in [9.17, 15) is 9.59 Å². The highest BCUT2D eigenvalue weighted by Crippen LogP contribution is 2.16. The van der Waals surface area contributed by atoms with Crippen molar-refractivity contribution >= 4 is 22.5 Å². The average molecular weight is 350 g/mol. The van der Waals surface area contributed by atoms with Crippen LogP contribution in [0.15, 0.2) is 53.3 Å². The third-order valence-electron chi connectivity index (χ3n) is 4.15. The minimum atomic E-state index is -0.200. The molecule has 6 heteroatoms. The molecule has 2 aromatic carbocycles. The first-order valence-corrected chi connectivity index (χ1v) is 8.67. The van der Waals surface area contributed by atoms with E-state index in [1.54, 1.807) is 6.07 Å². The number of aromatic amines is 1. The first kappa shape index (κ1) is 17.7. The maximum atomic E-state index is 12.0. The van der Waals surface area contributed by atoms with Crippen LogP contribution in [0, 0.1) is 6.92 Å². The van der Waals surface area contributed by atoms with Crippen LogP contribution in [0.2, 0.25) is 0 Å². The fraction of sp³-hybridized carbons (Fsp3) is 0.250. The minimum absolute atomic E-state index is 0.0152. The monoisotopic (exact) mass is 350 g/mol. The molecular formula is C20H22N4O2. The standard InChI is InChI=1S/C20H22N4O2/c1-14-7-9-15(10-8-14)13-18(25)21-11-4-12-22-19-16-5-2-3-6-17(16)20(26)24-23-19/h2-3,5-10H,4,11-13H2,1H3,(H,21,25)(H,22,23)(H,24,26). The molecule has 0 fully saturated rings. The number of carbonyl (C=O) groups excluding carboxylic acids is 1. The molecule has 3 rings (SSSR count). The summed E-state index contributed by atoms with van der Waals surface area (Å²) in [5, 5.41) is 14.1. The highest BCUT2D eigenvalue weighted by atomic mass is 16.1. The van der Waals surface area contributed by atoms with Crippen molar-refractivity contribution in [3.63, 3.8) is 0 Å². The zero-order valence-electron chi connectivity index (χ0n) is 14.7. The Labute approximate surface area is 151 Å². The van der Waals surface area contributed by atoms with Gasteiger partial charge in [-0.1, -0.05) is 48.0 Å². The molecule has 1 heterocycles. The smallest absolute Gasteiger partial charge is 0.272 e. The van der Waals surface area contributed by atoms with Gasteiger partial charge in [-0.2, -0.15) is 5.10 Å². The van der Waals surface area contributed by atoms with E-state index in [1.165, 1.54) is 5.56 Å². The molecule has 0 unspecified atom stereocenters. The second-order valence-electron chi connectivity index (χ2n) is 6.24. The summed E-state index contributed by atoms with van der Waals surface area (Å²) in [6.07, 6.45) is 1.15. The van der Waals surface area contributed by atoms with Crippen LogP contribution in [0.4, 0.5) is 5.82 Å². The zero-order valence-corrected chi connectivity index (χ0v) is 14.7. The van der Waals surface area contributed by atoms with E-state index < -0.39 is 0 Å². The maximum Gasteiger partial charge on any atom is 0.272 e. The largest absolute Gasteiger partial charge is 0.368 e. The number of anilines is 1. The molecule has 6 nitrogen and oxygen atoms in total. The van der Waals surface area contributed by atoms with Gasteiger partial charge in [0.2, 0.25) is 5.91 Å². The first-order valence-electron chi connectivity index (χ1n) is 8.67. The van der Waals surface area contributed by atoms with Crippen LogP contribution in [-0.4, -0.2) is 29.2 Å². The summed E-state index contributed by atoms with van der Waals surface area (Å²) in [7, 11) is 0. The molecule has 0 aliphatic carbocycles. The summed E-state index contributed by atoms with van der Waals surface area (Å²) in [5.41, 5.74) is 1.99. The van der Waals surface area contributed by atoms with Gasteiger partial charge in [0.25, 0.3) is 5.56 Å². The fourth-order valence-corrected chi connectivity index (χ4v) is 2.73. The zero-order chi connectivity index (χ0) is 18.4. The van der Waals surface area contributed by atoms with Crippen molar-refractivity contribution in [2.24, 2.45) is 0 Å². The molecule has 0 radical (unpaired) electrons. The van der Waals surface area contributed by atoms with Gasteiger partial charge >= 0.3 is 0 Å². The van der Waals surface area contributed by atoms with Crippen LogP contribution in [0.25, 0.3) is 10.8 Å². The molecule has 3 aromatic rings. The van der Waals surface area contributed by atoms with Crippen LogP contribution in [0.3, 0.4) is 0 Å². The lowest BCUT2D eigenvalue weighted by Gasteiger charge is -2.09. The van der Waals surface area contributed by atoms with Gasteiger partial charge in [0.05, 0.1) is 11.8 Å². The number of nitrogens with one attached hydrogen (secondary N) is 3. The number of amides is 1. The molecule has 0 saturated heterocycles. The molecule has 0 saturated carbocycles. The topological polar surface area (TPSA) is 86.9 Å². The first-order chi connectivity index (χ1) is 12.6. The Balaban J connectivity index is 1.45. The third-order valence-corrected chi connectivity index (χ3v) is 4.15. The Bertz CT molecular complexity index is 948. The van der Waals surface area contributed by atoms with Gasteiger partial charge in [0.15, 0.2) is 5.82 Å². The second kappa shape index (κ2) is 8.29. The molecule has 1 aromatic heterocycles. The van der Waals surface area contributed by atoms with E-state index in [0.29, 0.717) is 30.7 Å². The number of H-pyrrole nitrogens is 1. The van der Waals surface area contributed by atoms with E-state index in [4.69, 9.17) is 0 Å². The van der Waals surface area contributed by atoms with Crippen LogP contribution < -0.4 is 16.2 Å². The molecule has 0 atom stereocenters. The van der Waals surface area contributed by atoms with E-state index in [-0.39, 0.29) is 11.5 Å². The van der Waals surface area contributed by atoms with Gasteiger partial charge in [-0.25, -0.2) is 5.10 Å². The van der Waals surface area contributed by atoms with E-state index in [1.807, 2.05) is 49.4 Å². The van der Waals surface area contributed by atoms with Crippen molar-refractivity contribution in [1.82, 2.24) is 15.5 Å². The lowest BCUT2D eigenvalue weighted by molar-refractivity contribution is -0.120. The fourth-order valence-electron chi connectivity index (χ4n) is 2.73. The number of benzene rings is 2. The number of carbonyl (C=O) groups is 1. The van der Waals surface area contributed by atoms with Crippen molar-refractivity contribution in [3.05, 3.63) is 70.0 Å². The molecule has 0 aliphatic rings. The van der Waals surface area contributed by atoms with Gasteiger partial charge in [0, 0.05) is 18.5 Å². The van der Waals surface area contributed by atoms with Crippen LogP contribution >= 0.6 is 0 Å². The molecule has 3 N–H and O–H groups in total. The summed E-state index contributed by atoms with van der Waals surface area (Å²) in [5.74, 6) is 0.660. The average Bonchev–Trinajstić information content (AvgIpc) is 2.65. The Morgan fingerprint density at radius 2 is 1.77 bits per heavy atom. The highest BCUT2D eigenvalue weighted by Gasteiger charge is 2.05. The Morgan fingerprint density at radius 3 is 2.54 bits per heavy atom. The number of rotatable bonds is 7. The molecule has 26 heavy (non-hydrogen) atoms. The van der Waals surface area contributed by atoms with Gasteiger partial charge in [-0.15, -0.1) is 0 Å². The summed E-state index contributed by atoms with van der Waals surface area (Å²) in [4.78, 5) is 23.7. The summed E-state index contributed by atoms with van der Waals surface area (Å²) < 4.78 is 0. The lowest BCUT2D eigenvalue weighted by atomic mass is 10.1. The van der Waals surface area contributed by atoms with Gasteiger partial charge in [0.1, 0.15) is 0 Å². The predicted molar refractivity (Wildman–Crippen MR) is 103 cm³/mol. The normalized spacial score (nSPS) is 10.7. The van der Waals surface area contributed by atoms with E-state index in [2.05, 4.69) is 20.8 Å². The molecular weight excluding hydrogens is 328 g/mol.